The van der Waals surface area contributed by atoms with Crippen molar-refractivity contribution in [3.8, 4) is 0 Å². The maximum Gasteiger partial charge on any atom is 0.328 e. The van der Waals surface area contributed by atoms with Crippen molar-refractivity contribution in [1.29, 1.82) is 0 Å². The third kappa shape index (κ3) is 3.88. The number of aliphatic carboxylic acids is 1. The van der Waals surface area contributed by atoms with Crippen LogP contribution in [-0.4, -0.2) is 22.6 Å². The van der Waals surface area contributed by atoms with E-state index in [-0.39, 0.29) is 10.2 Å². The molecule has 0 saturated heterocycles. The number of hydrogen-bond donors (Lipinski definition) is 3. The molecular formula is C11H11BrF2N2O3. The van der Waals surface area contributed by atoms with Gasteiger partial charge in [-0.3, -0.25) is 0 Å². The zero-order valence-electron chi connectivity index (χ0n) is 10.1. The second-order valence-electron chi connectivity index (χ2n) is 4.26. The average Bonchev–Trinajstić information content (AvgIpc) is 2.24. The minimum Gasteiger partial charge on any atom is -0.480 e. The number of carbonyl (C=O) groups is 2. The summed E-state index contributed by atoms with van der Waals surface area (Å²) in [5, 5.41) is 13.1. The van der Waals surface area contributed by atoms with Gasteiger partial charge in [-0.2, -0.15) is 0 Å². The van der Waals surface area contributed by atoms with E-state index in [0.717, 1.165) is 6.07 Å². The van der Waals surface area contributed by atoms with E-state index >= 15 is 0 Å². The molecule has 19 heavy (non-hydrogen) atoms. The van der Waals surface area contributed by atoms with Crippen LogP contribution in [0.2, 0.25) is 0 Å². The fourth-order valence-corrected chi connectivity index (χ4v) is 1.45. The lowest BCUT2D eigenvalue weighted by molar-refractivity contribution is -0.142. The molecule has 1 aromatic rings. The SMILES string of the molecule is CC(C)(NC(=O)Nc1cc(Br)c(F)cc1F)C(=O)O. The summed E-state index contributed by atoms with van der Waals surface area (Å²) in [6.45, 7) is 2.54. The van der Waals surface area contributed by atoms with Gasteiger partial charge in [-0.25, -0.2) is 18.4 Å². The molecule has 0 spiro atoms. The highest BCUT2D eigenvalue weighted by Crippen LogP contribution is 2.23. The van der Waals surface area contributed by atoms with Crippen molar-refractivity contribution in [2.24, 2.45) is 0 Å². The number of carboxylic acids is 1. The minimum absolute atomic E-state index is 0.0262. The van der Waals surface area contributed by atoms with Gasteiger partial charge in [-0.1, -0.05) is 0 Å². The Hall–Kier alpha value is -1.70. The van der Waals surface area contributed by atoms with E-state index in [4.69, 9.17) is 5.11 Å². The van der Waals surface area contributed by atoms with E-state index < -0.39 is 29.2 Å². The monoisotopic (exact) mass is 336 g/mol. The standard InChI is InChI=1S/C11H11BrF2N2O3/c1-11(2,9(17)18)16-10(19)15-8-3-5(12)6(13)4-7(8)14/h3-4H,1-2H3,(H,17,18)(H2,15,16,19). The summed E-state index contributed by atoms with van der Waals surface area (Å²) < 4.78 is 26.3. The molecular weight excluding hydrogens is 326 g/mol. The molecule has 0 radical (unpaired) electrons. The molecule has 0 aliphatic rings. The molecule has 0 heterocycles. The molecule has 0 atom stereocenters. The first-order valence-electron chi connectivity index (χ1n) is 5.10. The van der Waals surface area contributed by atoms with Crippen molar-refractivity contribution in [3.05, 3.63) is 28.2 Å². The number of benzene rings is 1. The van der Waals surface area contributed by atoms with Crippen molar-refractivity contribution >= 4 is 33.6 Å². The largest absolute Gasteiger partial charge is 0.480 e. The van der Waals surface area contributed by atoms with E-state index in [2.05, 4.69) is 26.6 Å². The van der Waals surface area contributed by atoms with Crippen LogP contribution < -0.4 is 10.6 Å². The Bertz CT molecular complexity index is 535. The van der Waals surface area contributed by atoms with Crippen LogP contribution in [0.25, 0.3) is 0 Å². The molecule has 0 aliphatic carbocycles. The smallest absolute Gasteiger partial charge is 0.328 e. The summed E-state index contributed by atoms with van der Waals surface area (Å²) in [6, 6.07) is 0.727. The maximum atomic E-state index is 13.4. The highest BCUT2D eigenvalue weighted by atomic mass is 79.9. The zero-order chi connectivity index (χ0) is 14.8. The summed E-state index contributed by atoms with van der Waals surface area (Å²) in [7, 11) is 0. The highest BCUT2D eigenvalue weighted by Gasteiger charge is 2.29. The minimum atomic E-state index is -1.52. The van der Waals surface area contributed by atoms with E-state index in [0.29, 0.717) is 6.07 Å². The van der Waals surface area contributed by atoms with Gasteiger partial charge in [0.05, 0.1) is 10.2 Å². The molecule has 8 heteroatoms. The number of halogens is 3. The van der Waals surface area contributed by atoms with Gasteiger partial charge in [-0.15, -0.1) is 0 Å². The Labute approximate surface area is 116 Å². The van der Waals surface area contributed by atoms with Crippen molar-refractivity contribution in [2.75, 3.05) is 5.32 Å². The first kappa shape index (κ1) is 15.4. The van der Waals surface area contributed by atoms with Crippen LogP contribution in [0.15, 0.2) is 16.6 Å². The number of nitrogens with one attached hydrogen (secondary N) is 2. The van der Waals surface area contributed by atoms with Gasteiger partial charge >= 0.3 is 12.0 Å². The summed E-state index contributed by atoms with van der Waals surface area (Å²) in [5.74, 6) is -3.03. The van der Waals surface area contributed by atoms with Crippen molar-refractivity contribution in [3.63, 3.8) is 0 Å². The second-order valence-corrected chi connectivity index (χ2v) is 5.11. The lowest BCUT2D eigenvalue weighted by atomic mass is 10.1. The normalized spacial score (nSPS) is 11.0. The summed E-state index contributed by atoms with van der Waals surface area (Å²) in [6.07, 6.45) is 0. The molecule has 0 saturated carbocycles. The van der Waals surface area contributed by atoms with Gasteiger partial charge in [0.1, 0.15) is 17.2 Å². The number of amides is 2. The molecule has 0 fully saturated rings. The lowest BCUT2D eigenvalue weighted by Gasteiger charge is -2.21. The van der Waals surface area contributed by atoms with E-state index in [1.165, 1.54) is 13.8 Å². The van der Waals surface area contributed by atoms with Crippen LogP contribution in [0.5, 0.6) is 0 Å². The van der Waals surface area contributed by atoms with Crippen LogP contribution in [0.3, 0.4) is 0 Å². The lowest BCUT2D eigenvalue weighted by Crippen LogP contribution is -2.51. The summed E-state index contributed by atoms with van der Waals surface area (Å²) in [5.41, 5.74) is -1.79. The molecule has 2 amide bonds. The third-order valence-corrected chi connectivity index (χ3v) is 2.83. The van der Waals surface area contributed by atoms with Crippen molar-refractivity contribution in [1.82, 2.24) is 5.32 Å². The van der Waals surface area contributed by atoms with Gasteiger partial charge in [0.25, 0.3) is 0 Å². The maximum absolute atomic E-state index is 13.4. The molecule has 0 aromatic heterocycles. The first-order chi connectivity index (χ1) is 8.63. The number of urea groups is 1. The third-order valence-electron chi connectivity index (χ3n) is 2.22. The quantitative estimate of drug-likeness (QED) is 0.742. The Balaban J connectivity index is 2.84. The van der Waals surface area contributed by atoms with Gasteiger partial charge in [-0.05, 0) is 35.8 Å². The Morgan fingerprint density at radius 3 is 2.37 bits per heavy atom. The van der Waals surface area contributed by atoms with E-state index in [1.807, 2.05) is 0 Å². The zero-order valence-corrected chi connectivity index (χ0v) is 11.6. The number of hydrogen-bond acceptors (Lipinski definition) is 2. The van der Waals surface area contributed by atoms with Gasteiger partial charge in [0.15, 0.2) is 0 Å². The molecule has 0 bridgehead atoms. The first-order valence-corrected chi connectivity index (χ1v) is 5.90. The predicted molar refractivity (Wildman–Crippen MR) is 67.9 cm³/mol. The molecule has 0 unspecified atom stereocenters. The van der Waals surface area contributed by atoms with Crippen LogP contribution in [0.1, 0.15) is 13.8 Å². The molecule has 5 nitrogen and oxygen atoms in total. The summed E-state index contributed by atoms with van der Waals surface area (Å²) >= 11 is 2.85. The van der Waals surface area contributed by atoms with Gasteiger partial charge in [0, 0.05) is 6.07 Å². The van der Waals surface area contributed by atoms with Crippen LogP contribution in [0, 0.1) is 11.6 Å². The van der Waals surface area contributed by atoms with Crippen LogP contribution >= 0.6 is 15.9 Å². The van der Waals surface area contributed by atoms with E-state index in [1.54, 1.807) is 0 Å². The average molecular weight is 337 g/mol. The Morgan fingerprint density at radius 2 is 1.84 bits per heavy atom. The Kier molecular flexibility index (Phi) is 4.46. The molecule has 104 valence electrons. The number of carboxylic acid groups (broad SMARTS) is 1. The van der Waals surface area contributed by atoms with Crippen molar-refractivity contribution < 1.29 is 23.5 Å². The van der Waals surface area contributed by atoms with Crippen LogP contribution in [-0.2, 0) is 4.79 Å². The van der Waals surface area contributed by atoms with Crippen molar-refractivity contribution in [2.45, 2.75) is 19.4 Å². The predicted octanol–water partition coefficient (Wildman–Crippen LogP) is 2.71. The Morgan fingerprint density at radius 1 is 1.26 bits per heavy atom. The molecule has 0 aliphatic heterocycles. The highest BCUT2D eigenvalue weighted by molar-refractivity contribution is 9.10. The molecule has 1 aromatic carbocycles. The number of anilines is 1. The second kappa shape index (κ2) is 5.52. The number of rotatable bonds is 3. The molecule has 1 rings (SSSR count). The fraction of sp³-hybridized carbons (Fsp3) is 0.273. The fourth-order valence-electron chi connectivity index (χ4n) is 1.11. The van der Waals surface area contributed by atoms with E-state index in [9.17, 15) is 18.4 Å². The topological polar surface area (TPSA) is 78.4 Å². The van der Waals surface area contributed by atoms with Gasteiger partial charge in [0.2, 0.25) is 0 Å². The summed E-state index contributed by atoms with van der Waals surface area (Å²) in [4.78, 5) is 22.3. The number of carbonyl (C=O) groups excluding carboxylic acids is 1. The van der Waals surface area contributed by atoms with Crippen LogP contribution in [0.4, 0.5) is 19.3 Å². The van der Waals surface area contributed by atoms with Gasteiger partial charge < -0.3 is 15.7 Å². The molecule has 3 N–H and O–H groups in total.